The molecule has 8 nitrogen and oxygen atoms in total. The Bertz CT molecular complexity index is 958. The largest absolute Gasteiger partial charge is 0.337 e. The van der Waals surface area contributed by atoms with Crippen molar-refractivity contribution in [2.24, 2.45) is 0 Å². The van der Waals surface area contributed by atoms with Crippen molar-refractivity contribution in [2.45, 2.75) is 6.54 Å². The molecule has 0 aliphatic carbocycles. The number of carbonyl (C=O) groups is 1. The number of nitro benzene ring substituents is 1. The number of non-ortho nitro benzene ring substituents is 1. The molecule has 0 unspecified atom stereocenters. The third-order valence-electron chi connectivity index (χ3n) is 3.61. The fourth-order valence-corrected chi connectivity index (χ4v) is 2.49. The molecule has 0 atom stereocenters. The topological polar surface area (TPSA) is 102 Å². The summed E-state index contributed by atoms with van der Waals surface area (Å²) in [5, 5.41) is 14.9. The maximum Gasteiger partial charge on any atom is 0.270 e. The molecule has 0 aliphatic rings. The lowest BCUT2D eigenvalue weighted by Gasteiger charge is -2.15. The lowest BCUT2D eigenvalue weighted by molar-refractivity contribution is -0.384. The molecule has 26 heavy (non-hydrogen) atoms. The van der Waals surface area contributed by atoms with Crippen LogP contribution in [-0.2, 0) is 6.54 Å². The number of nitrogens with zero attached hydrogens (tertiary/aromatic N) is 4. The van der Waals surface area contributed by atoms with Gasteiger partial charge in [0.2, 0.25) is 11.7 Å². The Morgan fingerprint density at radius 2 is 2.00 bits per heavy atom. The van der Waals surface area contributed by atoms with Crippen LogP contribution in [0, 0.1) is 10.1 Å². The van der Waals surface area contributed by atoms with E-state index in [1.807, 2.05) is 30.3 Å². The monoisotopic (exact) mass is 372 g/mol. The highest BCUT2D eigenvalue weighted by molar-refractivity contribution is 6.33. The van der Waals surface area contributed by atoms with E-state index in [0.717, 1.165) is 11.6 Å². The Morgan fingerprint density at radius 3 is 2.69 bits per heavy atom. The van der Waals surface area contributed by atoms with E-state index in [0.29, 0.717) is 5.82 Å². The second kappa shape index (κ2) is 7.32. The minimum atomic E-state index is -0.586. The van der Waals surface area contributed by atoms with Crippen LogP contribution in [0.1, 0.15) is 16.2 Å². The van der Waals surface area contributed by atoms with Crippen molar-refractivity contribution in [3.63, 3.8) is 0 Å². The van der Waals surface area contributed by atoms with E-state index in [1.54, 1.807) is 0 Å². The summed E-state index contributed by atoms with van der Waals surface area (Å²) in [4.78, 5) is 28.4. The Kier molecular flexibility index (Phi) is 4.94. The molecular weight excluding hydrogens is 360 g/mol. The van der Waals surface area contributed by atoms with Gasteiger partial charge in [0.25, 0.3) is 11.6 Å². The third-order valence-corrected chi connectivity index (χ3v) is 3.94. The van der Waals surface area contributed by atoms with Crippen molar-refractivity contribution >= 4 is 23.2 Å². The summed E-state index contributed by atoms with van der Waals surface area (Å²) >= 11 is 6.01. The van der Waals surface area contributed by atoms with Crippen LogP contribution in [0.25, 0.3) is 11.4 Å². The molecule has 0 bridgehead atoms. The maximum absolute atomic E-state index is 12.6. The number of rotatable bonds is 5. The minimum absolute atomic E-state index is 0.0335. The first kappa shape index (κ1) is 17.6. The van der Waals surface area contributed by atoms with Gasteiger partial charge in [0, 0.05) is 24.7 Å². The van der Waals surface area contributed by atoms with Gasteiger partial charge in [-0.25, -0.2) is 0 Å². The van der Waals surface area contributed by atoms with Crippen LogP contribution in [0.15, 0.2) is 53.1 Å². The summed E-state index contributed by atoms with van der Waals surface area (Å²) in [7, 11) is 1.52. The average molecular weight is 373 g/mol. The van der Waals surface area contributed by atoms with Crippen LogP contribution in [0.3, 0.4) is 0 Å². The van der Waals surface area contributed by atoms with Crippen molar-refractivity contribution in [3.8, 4) is 11.4 Å². The van der Waals surface area contributed by atoms with Gasteiger partial charge in [-0.2, -0.15) is 4.98 Å². The van der Waals surface area contributed by atoms with E-state index in [9.17, 15) is 14.9 Å². The van der Waals surface area contributed by atoms with Gasteiger partial charge in [0.1, 0.15) is 0 Å². The zero-order valence-corrected chi connectivity index (χ0v) is 14.4. The second-order valence-corrected chi connectivity index (χ2v) is 5.87. The molecule has 132 valence electrons. The van der Waals surface area contributed by atoms with Gasteiger partial charge in [0.05, 0.1) is 22.1 Å². The first-order valence-corrected chi connectivity index (χ1v) is 7.91. The predicted molar refractivity (Wildman–Crippen MR) is 93.6 cm³/mol. The number of hydrogen-bond donors (Lipinski definition) is 0. The molecule has 3 rings (SSSR count). The van der Waals surface area contributed by atoms with E-state index in [2.05, 4.69) is 10.1 Å². The summed E-state index contributed by atoms with van der Waals surface area (Å²) in [6.45, 7) is 0.0394. The molecule has 2 aromatic carbocycles. The Morgan fingerprint density at radius 1 is 1.27 bits per heavy atom. The first-order chi connectivity index (χ1) is 12.5. The van der Waals surface area contributed by atoms with Crippen LogP contribution in [-0.4, -0.2) is 32.9 Å². The highest BCUT2D eigenvalue weighted by atomic mass is 35.5. The lowest BCUT2D eigenvalue weighted by atomic mass is 10.1. The van der Waals surface area contributed by atoms with Crippen molar-refractivity contribution in [3.05, 3.63) is 75.1 Å². The Balaban J connectivity index is 1.77. The van der Waals surface area contributed by atoms with Crippen molar-refractivity contribution in [1.29, 1.82) is 0 Å². The van der Waals surface area contributed by atoms with E-state index in [-0.39, 0.29) is 28.7 Å². The normalized spacial score (nSPS) is 10.5. The number of nitro groups is 1. The van der Waals surface area contributed by atoms with Crippen LogP contribution in [0.2, 0.25) is 5.02 Å². The highest BCUT2D eigenvalue weighted by Gasteiger charge is 2.21. The molecule has 1 amide bonds. The van der Waals surface area contributed by atoms with E-state index in [4.69, 9.17) is 16.1 Å². The molecule has 0 N–H and O–H groups in total. The lowest BCUT2D eigenvalue weighted by Crippen LogP contribution is -2.26. The van der Waals surface area contributed by atoms with Gasteiger partial charge >= 0.3 is 0 Å². The summed E-state index contributed by atoms with van der Waals surface area (Å²) in [5.74, 6) is 0.161. The molecule has 3 aromatic rings. The summed E-state index contributed by atoms with van der Waals surface area (Å²) in [6, 6.07) is 13.0. The number of hydrogen-bond acceptors (Lipinski definition) is 6. The van der Waals surface area contributed by atoms with Gasteiger partial charge in [-0.1, -0.05) is 47.1 Å². The fraction of sp³-hybridized carbons (Fsp3) is 0.118. The van der Waals surface area contributed by atoms with E-state index >= 15 is 0 Å². The zero-order chi connectivity index (χ0) is 18.7. The summed E-state index contributed by atoms with van der Waals surface area (Å²) in [5.41, 5.74) is 0.611. The molecule has 1 aromatic heterocycles. The van der Waals surface area contributed by atoms with Crippen LogP contribution < -0.4 is 0 Å². The predicted octanol–water partition coefficient (Wildman–Crippen LogP) is 3.57. The number of benzene rings is 2. The highest BCUT2D eigenvalue weighted by Crippen LogP contribution is 2.24. The fourth-order valence-electron chi connectivity index (χ4n) is 2.29. The third kappa shape index (κ3) is 3.70. The van der Waals surface area contributed by atoms with E-state index in [1.165, 1.54) is 24.1 Å². The summed E-state index contributed by atoms with van der Waals surface area (Å²) < 4.78 is 5.17. The van der Waals surface area contributed by atoms with Crippen LogP contribution in [0.4, 0.5) is 5.69 Å². The van der Waals surface area contributed by atoms with Gasteiger partial charge in [0.15, 0.2) is 0 Å². The van der Waals surface area contributed by atoms with Gasteiger partial charge in [-0.05, 0) is 6.07 Å². The molecule has 9 heteroatoms. The Labute approximate surface area is 153 Å². The number of amides is 1. The zero-order valence-electron chi connectivity index (χ0n) is 13.6. The first-order valence-electron chi connectivity index (χ1n) is 7.53. The van der Waals surface area contributed by atoms with Crippen LogP contribution in [0.5, 0.6) is 0 Å². The summed E-state index contributed by atoms with van der Waals surface area (Å²) in [6.07, 6.45) is 0. The number of halogens is 1. The van der Waals surface area contributed by atoms with Crippen molar-refractivity contribution in [2.75, 3.05) is 7.05 Å². The van der Waals surface area contributed by atoms with E-state index < -0.39 is 10.8 Å². The molecular formula is C17H13ClN4O4. The molecule has 0 aliphatic heterocycles. The van der Waals surface area contributed by atoms with Gasteiger partial charge < -0.3 is 9.42 Å². The van der Waals surface area contributed by atoms with Gasteiger partial charge in [-0.3, -0.25) is 14.9 Å². The molecule has 0 fully saturated rings. The van der Waals surface area contributed by atoms with Crippen LogP contribution >= 0.6 is 11.6 Å². The molecule has 0 saturated carbocycles. The van der Waals surface area contributed by atoms with Gasteiger partial charge in [-0.15, -0.1) is 0 Å². The van der Waals surface area contributed by atoms with Crippen molar-refractivity contribution < 1.29 is 14.2 Å². The number of aromatic nitrogens is 2. The Hall–Kier alpha value is -3.26. The standard InChI is InChI=1S/C17H13ClN4O4/c1-21(17(23)13-9-12(22(24)25)7-8-14(13)18)10-15-19-16(20-26-15)11-5-3-2-4-6-11/h2-9H,10H2,1H3. The smallest absolute Gasteiger partial charge is 0.270 e. The SMILES string of the molecule is CN(Cc1nc(-c2ccccc2)no1)C(=O)c1cc([N+](=O)[O-])ccc1Cl. The molecule has 0 saturated heterocycles. The molecule has 0 spiro atoms. The van der Waals surface area contributed by atoms with Crippen molar-refractivity contribution in [1.82, 2.24) is 15.0 Å². The number of carbonyl (C=O) groups excluding carboxylic acids is 1. The minimum Gasteiger partial charge on any atom is -0.337 e. The second-order valence-electron chi connectivity index (χ2n) is 5.46. The molecule has 0 radical (unpaired) electrons. The molecule has 1 heterocycles. The average Bonchev–Trinajstić information content (AvgIpc) is 3.10. The quantitative estimate of drug-likeness (QED) is 0.501. The maximum atomic E-state index is 12.6.